The molecular formula is F4Fe2. The summed E-state index contributed by atoms with van der Waals surface area (Å²) in [6.07, 6.45) is 0. The molecular weight excluding hydrogens is 188 g/mol. The minimum absolute atomic E-state index is 0. The molecule has 0 amide bonds. The Balaban J connectivity index is 0. The fourth-order valence-corrected chi connectivity index (χ4v) is 0. The molecule has 0 saturated carbocycles. The minimum Gasteiger partial charge on any atom is -1.00 e. The Kier molecular flexibility index (Phi) is 14700. The second-order valence-corrected chi connectivity index (χ2v) is 0. The Labute approximate surface area is 53.5 Å². The van der Waals surface area contributed by atoms with Crippen molar-refractivity contribution in [1.82, 2.24) is 0 Å². The predicted octanol–water partition coefficient (Wildman–Crippen LogP) is -12.0. The van der Waals surface area contributed by atoms with Gasteiger partial charge in [-0.1, -0.05) is 0 Å². The maximum atomic E-state index is 0. The zero-order valence-corrected chi connectivity index (χ0v) is 4.43. The Morgan fingerprint density at radius 1 is 0.333 bits per heavy atom. The first kappa shape index (κ1) is 389. The van der Waals surface area contributed by atoms with Gasteiger partial charge in [0.1, 0.15) is 0 Å². The van der Waals surface area contributed by atoms with Gasteiger partial charge in [0.15, 0.2) is 0 Å². The van der Waals surface area contributed by atoms with Crippen LogP contribution < -0.4 is 18.8 Å². The van der Waals surface area contributed by atoms with Crippen molar-refractivity contribution in [1.29, 1.82) is 0 Å². The number of hydrogen-bond acceptors (Lipinski definition) is 0. The van der Waals surface area contributed by atoms with Crippen LogP contribution in [0, 0.1) is 0 Å². The fraction of sp³-hybridized carbons (Fsp3) is 0. The average molecular weight is 188 g/mol. The van der Waals surface area contributed by atoms with Crippen molar-refractivity contribution in [3.05, 3.63) is 0 Å². The van der Waals surface area contributed by atoms with Gasteiger partial charge in [-0.05, 0) is 0 Å². The molecule has 44 valence electrons. The van der Waals surface area contributed by atoms with Crippen molar-refractivity contribution >= 4 is 0 Å². The van der Waals surface area contributed by atoms with Crippen LogP contribution in [0.25, 0.3) is 0 Å². The van der Waals surface area contributed by atoms with Crippen LogP contribution in [0.2, 0.25) is 0 Å². The monoisotopic (exact) mass is 188 g/mol. The summed E-state index contributed by atoms with van der Waals surface area (Å²) in [5.41, 5.74) is 0. The molecule has 0 saturated heterocycles. The van der Waals surface area contributed by atoms with Crippen LogP contribution in [0.5, 0.6) is 0 Å². The maximum absolute atomic E-state index is 0. The third kappa shape index (κ3) is 117. The van der Waals surface area contributed by atoms with Gasteiger partial charge < -0.3 is 18.8 Å². The van der Waals surface area contributed by atoms with Gasteiger partial charge in [0, 0.05) is 0 Å². The third-order valence-corrected chi connectivity index (χ3v) is 0. The molecule has 0 radical (unpaired) electrons. The van der Waals surface area contributed by atoms with Gasteiger partial charge in [-0.3, -0.25) is 0 Å². The van der Waals surface area contributed by atoms with E-state index in [1.165, 1.54) is 0 Å². The van der Waals surface area contributed by atoms with Gasteiger partial charge in [-0.2, -0.15) is 0 Å². The number of rotatable bonds is 0. The van der Waals surface area contributed by atoms with Crippen LogP contribution in [0.3, 0.4) is 0 Å². The first-order chi connectivity index (χ1) is 0. The van der Waals surface area contributed by atoms with Crippen molar-refractivity contribution in [2.24, 2.45) is 0 Å². The van der Waals surface area contributed by atoms with E-state index in [1.54, 1.807) is 0 Å². The summed E-state index contributed by atoms with van der Waals surface area (Å²) in [5.74, 6) is 0. The zero-order chi connectivity index (χ0) is 0. The fourth-order valence-electron chi connectivity index (χ4n) is 0. The standard InChI is InChI=1S/4FH.2Fe/h4*1H;;/q;;;;2*+2/p-4. The minimum atomic E-state index is 0. The second-order valence-electron chi connectivity index (χ2n) is 0. The molecule has 0 N–H and O–H groups in total. The maximum Gasteiger partial charge on any atom is 2.00 e. The van der Waals surface area contributed by atoms with Crippen molar-refractivity contribution in [3.8, 4) is 0 Å². The third-order valence-electron chi connectivity index (χ3n) is 0. The number of hydrogen-bond donors (Lipinski definition) is 0. The van der Waals surface area contributed by atoms with Gasteiger partial charge in [0.2, 0.25) is 0 Å². The van der Waals surface area contributed by atoms with Crippen LogP contribution in [0.1, 0.15) is 0 Å². The topological polar surface area (TPSA) is 0 Å². The molecule has 0 aromatic carbocycles. The van der Waals surface area contributed by atoms with Gasteiger partial charge in [0.25, 0.3) is 0 Å². The van der Waals surface area contributed by atoms with E-state index in [0.717, 1.165) is 0 Å². The SMILES string of the molecule is [F-].[F-].[F-].[F-].[Fe+2].[Fe+2]. The van der Waals surface area contributed by atoms with E-state index < -0.39 is 0 Å². The van der Waals surface area contributed by atoms with E-state index in [4.69, 9.17) is 0 Å². The summed E-state index contributed by atoms with van der Waals surface area (Å²) in [4.78, 5) is 0. The molecule has 0 spiro atoms. The molecule has 0 aromatic heterocycles. The molecule has 0 bridgehead atoms. The Morgan fingerprint density at radius 3 is 0.333 bits per heavy atom. The molecule has 6 heavy (non-hydrogen) atoms. The molecule has 0 aromatic rings. The molecule has 0 aliphatic rings. The summed E-state index contributed by atoms with van der Waals surface area (Å²) >= 11 is 0. The van der Waals surface area contributed by atoms with Gasteiger partial charge in [-0.25, -0.2) is 0 Å². The molecule has 0 atom stereocenters. The molecule has 0 nitrogen and oxygen atoms in total. The van der Waals surface area contributed by atoms with Crippen molar-refractivity contribution < 1.29 is 53.0 Å². The predicted molar refractivity (Wildman–Crippen MR) is 0 cm³/mol. The Bertz CT molecular complexity index is 5.51. The first-order valence-corrected chi connectivity index (χ1v) is 0. The molecule has 0 fully saturated rings. The molecule has 0 aliphatic carbocycles. The largest absolute Gasteiger partial charge is 2.00 e. The van der Waals surface area contributed by atoms with E-state index in [-0.39, 0.29) is 53.0 Å². The quantitative estimate of drug-likeness (QED) is 0.261. The summed E-state index contributed by atoms with van der Waals surface area (Å²) < 4.78 is 0. The van der Waals surface area contributed by atoms with Crippen LogP contribution in [0.15, 0.2) is 0 Å². The van der Waals surface area contributed by atoms with Crippen LogP contribution in [-0.4, -0.2) is 0 Å². The summed E-state index contributed by atoms with van der Waals surface area (Å²) in [6.45, 7) is 0. The van der Waals surface area contributed by atoms with Crippen molar-refractivity contribution in [2.45, 2.75) is 0 Å². The van der Waals surface area contributed by atoms with Gasteiger partial charge >= 0.3 is 34.1 Å². The van der Waals surface area contributed by atoms with Gasteiger partial charge in [0.05, 0.1) is 0 Å². The normalized spacial score (nSPS) is 0. The Hall–Kier alpha value is 0.759. The van der Waals surface area contributed by atoms with E-state index in [1.807, 2.05) is 0 Å². The zero-order valence-electron chi connectivity index (χ0n) is 2.22. The number of halogens is 4. The van der Waals surface area contributed by atoms with Gasteiger partial charge in [-0.15, -0.1) is 0 Å². The second kappa shape index (κ2) is 226. The molecule has 0 heterocycles. The summed E-state index contributed by atoms with van der Waals surface area (Å²) in [5, 5.41) is 0. The summed E-state index contributed by atoms with van der Waals surface area (Å²) in [7, 11) is 0. The summed E-state index contributed by atoms with van der Waals surface area (Å²) in [6, 6.07) is 0. The van der Waals surface area contributed by atoms with Crippen molar-refractivity contribution in [3.63, 3.8) is 0 Å². The first-order valence-electron chi connectivity index (χ1n) is 0. The molecule has 0 aliphatic heterocycles. The smallest absolute Gasteiger partial charge is 1.00 e. The van der Waals surface area contributed by atoms with Crippen LogP contribution in [-0.2, 0) is 34.1 Å². The van der Waals surface area contributed by atoms with Crippen molar-refractivity contribution in [2.75, 3.05) is 0 Å². The van der Waals surface area contributed by atoms with Crippen LogP contribution >= 0.6 is 0 Å². The van der Waals surface area contributed by atoms with E-state index in [2.05, 4.69) is 0 Å². The Morgan fingerprint density at radius 2 is 0.333 bits per heavy atom. The molecule has 0 rings (SSSR count). The average Bonchev–Trinajstić information content (AvgIpc) is 0. The van der Waals surface area contributed by atoms with E-state index >= 15 is 0 Å². The van der Waals surface area contributed by atoms with E-state index in [9.17, 15) is 0 Å². The van der Waals surface area contributed by atoms with Crippen LogP contribution in [0.4, 0.5) is 0 Å². The molecule has 0 unspecified atom stereocenters. The molecule has 6 heteroatoms. The van der Waals surface area contributed by atoms with E-state index in [0.29, 0.717) is 0 Å².